The number of fused-ring (bicyclic) bond motifs is 1. The zero-order valence-electron chi connectivity index (χ0n) is 9.26. The summed E-state index contributed by atoms with van der Waals surface area (Å²) in [6.45, 7) is 4.78. The smallest absolute Gasteiger partial charge is 0.110 e. The summed E-state index contributed by atoms with van der Waals surface area (Å²) in [4.78, 5) is 6.18. The second kappa shape index (κ2) is 4.78. The van der Waals surface area contributed by atoms with Gasteiger partial charge in [0.2, 0.25) is 0 Å². The van der Waals surface area contributed by atoms with E-state index in [-0.39, 0.29) is 0 Å². The van der Waals surface area contributed by atoms with Gasteiger partial charge in [-0.25, -0.2) is 4.98 Å². The Morgan fingerprint density at radius 3 is 3.13 bits per heavy atom. The van der Waals surface area contributed by atoms with Crippen molar-refractivity contribution in [3.05, 3.63) is 15.6 Å². The fourth-order valence-electron chi connectivity index (χ4n) is 1.78. The molecule has 3 heteroatoms. The molecular formula is C12H16N2S. The van der Waals surface area contributed by atoms with Crippen LogP contribution in [0.5, 0.6) is 0 Å². The lowest BCUT2D eigenvalue weighted by atomic mass is 10.3. The monoisotopic (exact) mass is 220 g/mol. The van der Waals surface area contributed by atoms with Crippen molar-refractivity contribution < 1.29 is 0 Å². The van der Waals surface area contributed by atoms with E-state index in [1.165, 1.54) is 34.8 Å². The van der Waals surface area contributed by atoms with E-state index in [0.29, 0.717) is 6.04 Å². The Morgan fingerprint density at radius 1 is 1.53 bits per heavy atom. The van der Waals surface area contributed by atoms with Crippen molar-refractivity contribution in [3.8, 4) is 11.8 Å². The molecule has 0 aromatic carbocycles. The van der Waals surface area contributed by atoms with Gasteiger partial charge in [0.1, 0.15) is 5.01 Å². The third kappa shape index (κ3) is 2.39. The molecule has 80 valence electrons. The number of nitrogens with one attached hydrogen (secondary N) is 1. The van der Waals surface area contributed by atoms with Gasteiger partial charge in [0.25, 0.3) is 0 Å². The quantitative estimate of drug-likeness (QED) is 0.791. The number of rotatable bonds is 3. The van der Waals surface area contributed by atoms with Crippen molar-refractivity contribution in [3.63, 3.8) is 0 Å². The highest BCUT2D eigenvalue weighted by molar-refractivity contribution is 7.11. The molecule has 0 amide bonds. The van der Waals surface area contributed by atoms with E-state index in [1.54, 1.807) is 0 Å². The van der Waals surface area contributed by atoms with Gasteiger partial charge in [0.05, 0.1) is 18.3 Å². The van der Waals surface area contributed by atoms with Crippen molar-refractivity contribution in [2.24, 2.45) is 0 Å². The number of hydrogen-bond donors (Lipinski definition) is 1. The molecular weight excluding hydrogens is 204 g/mol. The van der Waals surface area contributed by atoms with Crippen molar-refractivity contribution in [1.82, 2.24) is 10.3 Å². The minimum Gasteiger partial charge on any atom is -0.297 e. The number of aromatic nitrogens is 1. The molecule has 0 saturated carbocycles. The molecule has 1 aromatic heterocycles. The molecule has 0 spiro atoms. The number of aryl methyl sites for hydroxylation is 2. The van der Waals surface area contributed by atoms with Crippen molar-refractivity contribution in [1.29, 1.82) is 0 Å². The van der Waals surface area contributed by atoms with Crippen LogP contribution in [0.1, 0.15) is 41.9 Å². The van der Waals surface area contributed by atoms with E-state index in [2.05, 4.69) is 29.1 Å². The molecule has 1 heterocycles. The van der Waals surface area contributed by atoms with Crippen LogP contribution in [0, 0.1) is 11.8 Å². The van der Waals surface area contributed by atoms with Crippen molar-refractivity contribution in [2.45, 2.75) is 39.2 Å². The average molecular weight is 220 g/mol. The maximum Gasteiger partial charge on any atom is 0.110 e. The minimum absolute atomic E-state index is 0.335. The van der Waals surface area contributed by atoms with Crippen LogP contribution in [-0.2, 0) is 12.8 Å². The number of nitrogens with zero attached hydrogens (tertiary/aromatic N) is 1. The molecule has 1 atom stereocenters. The van der Waals surface area contributed by atoms with Gasteiger partial charge >= 0.3 is 0 Å². The second-order valence-electron chi connectivity index (χ2n) is 3.80. The zero-order valence-corrected chi connectivity index (χ0v) is 10.1. The van der Waals surface area contributed by atoms with Crippen LogP contribution in [0.15, 0.2) is 0 Å². The molecule has 1 aliphatic rings. The summed E-state index contributed by atoms with van der Waals surface area (Å²) in [5.74, 6) is 5.90. The number of thiazole rings is 1. The average Bonchev–Trinajstić information content (AvgIpc) is 2.76. The first-order chi connectivity index (χ1) is 7.31. The molecule has 15 heavy (non-hydrogen) atoms. The summed E-state index contributed by atoms with van der Waals surface area (Å²) < 4.78 is 0. The van der Waals surface area contributed by atoms with E-state index < -0.39 is 0 Å². The SMILES string of the molecule is CC#CCNC(C)c1nc2c(s1)CCC2. The van der Waals surface area contributed by atoms with E-state index >= 15 is 0 Å². The molecule has 1 aliphatic carbocycles. The predicted molar refractivity (Wildman–Crippen MR) is 64.0 cm³/mol. The molecule has 1 unspecified atom stereocenters. The van der Waals surface area contributed by atoms with Gasteiger partial charge < -0.3 is 0 Å². The molecule has 2 rings (SSSR count). The fourth-order valence-corrected chi connectivity index (χ4v) is 2.96. The molecule has 0 saturated heterocycles. The lowest BCUT2D eigenvalue weighted by Gasteiger charge is -2.07. The van der Waals surface area contributed by atoms with Gasteiger partial charge in [-0.05, 0) is 33.1 Å². The maximum atomic E-state index is 4.68. The third-order valence-corrected chi connectivity index (χ3v) is 4.00. The van der Waals surface area contributed by atoms with Crippen LogP contribution in [0.25, 0.3) is 0 Å². The van der Waals surface area contributed by atoms with Crippen molar-refractivity contribution >= 4 is 11.3 Å². The lowest BCUT2D eigenvalue weighted by molar-refractivity contribution is 0.617. The summed E-state index contributed by atoms with van der Waals surface area (Å²) in [5, 5.41) is 4.58. The summed E-state index contributed by atoms with van der Waals surface area (Å²) in [7, 11) is 0. The number of hydrogen-bond acceptors (Lipinski definition) is 3. The lowest BCUT2D eigenvalue weighted by Crippen LogP contribution is -2.18. The summed E-state index contributed by atoms with van der Waals surface area (Å²) in [6, 6.07) is 0.335. The normalized spacial score (nSPS) is 15.6. The highest BCUT2D eigenvalue weighted by Crippen LogP contribution is 2.30. The predicted octanol–water partition coefficient (Wildman–Crippen LogP) is 2.31. The van der Waals surface area contributed by atoms with Crippen LogP contribution in [0.4, 0.5) is 0 Å². The molecule has 0 aliphatic heterocycles. The highest BCUT2D eigenvalue weighted by atomic mass is 32.1. The molecule has 2 nitrogen and oxygen atoms in total. The maximum absolute atomic E-state index is 4.68. The van der Waals surface area contributed by atoms with Crippen LogP contribution >= 0.6 is 11.3 Å². The fraction of sp³-hybridized carbons (Fsp3) is 0.583. The first kappa shape index (κ1) is 10.7. The first-order valence-electron chi connectivity index (χ1n) is 5.42. The minimum atomic E-state index is 0.335. The van der Waals surface area contributed by atoms with Gasteiger partial charge in [0, 0.05) is 4.88 Å². The van der Waals surface area contributed by atoms with Crippen molar-refractivity contribution in [2.75, 3.05) is 6.54 Å². The van der Waals surface area contributed by atoms with E-state index in [0.717, 1.165) is 6.54 Å². The van der Waals surface area contributed by atoms with Gasteiger partial charge in [-0.15, -0.1) is 17.3 Å². The Kier molecular flexibility index (Phi) is 3.40. The highest BCUT2D eigenvalue weighted by Gasteiger charge is 2.18. The Morgan fingerprint density at radius 2 is 2.40 bits per heavy atom. The van der Waals surface area contributed by atoms with Gasteiger partial charge in [-0.2, -0.15) is 0 Å². The Balaban J connectivity index is 1.98. The summed E-state index contributed by atoms with van der Waals surface area (Å²) >= 11 is 1.87. The summed E-state index contributed by atoms with van der Waals surface area (Å²) in [5.41, 5.74) is 1.34. The molecule has 1 N–H and O–H groups in total. The molecule has 0 fully saturated rings. The first-order valence-corrected chi connectivity index (χ1v) is 6.24. The molecule has 0 radical (unpaired) electrons. The standard InChI is InChI=1S/C12H16N2S/c1-3-4-8-13-9(2)12-14-10-6-5-7-11(10)15-12/h9,13H,5-8H2,1-2H3. The van der Waals surface area contributed by atoms with E-state index in [9.17, 15) is 0 Å². The molecule has 1 aromatic rings. The second-order valence-corrected chi connectivity index (χ2v) is 4.92. The van der Waals surface area contributed by atoms with E-state index in [4.69, 9.17) is 0 Å². The largest absolute Gasteiger partial charge is 0.297 e. The van der Waals surface area contributed by atoms with Crippen LogP contribution in [0.2, 0.25) is 0 Å². The topological polar surface area (TPSA) is 24.9 Å². The molecule has 0 bridgehead atoms. The Bertz CT molecular complexity index is 376. The Hall–Kier alpha value is -0.850. The Labute approximate surface area is 95.1 Å². The van der Waals surface area contributed by atoms with Gasteiger partial charge in [0.15, 0.2) is 0 Å². The van der Waals surface area contributed by atoms with Gasteiger partial charge in [-0.3, -0.25) is 5.32 Å². The van der Waals surface area contributed by atoms with Gasteiger partial charge in [-0.1, -0.05) is 5.92 Å². The summed E-state index contributed by atoms with van der Waals surface area (Å²) in [6.07, 6.45) is 3.69. The van der Waals surface area contributed by atoms with Crippen LogP contribution < -0.4 is 5.32 Å². The zero-order chi connectivity index (χ0) is 10.7. The van der Waals surface area contributed by atoms with Crippen LogP contribution in [0.3, 0.4) is 0 Å². The van der Waals surface area contributed by atoms with Crippen LogP contribution in [-0.4, -0.2) is 11.5 Å². The third-order valence-electron chi connectivity index (χ3n) is 2.66. The van der Waals surface area contributed by atoms with E-state index in [1.807, 2.05) is 18.3 Å².